The summed E-state index contributed by atoms with van der Waals surface area (Å²) in [6.07, 6.45) is 1.62. The van der Waals surface area contributed by atoms with E-state index < -0.39 is 0 Å². The van der Waals surface area contributed by atoms with Crippen LogP contribution < -0.4 is 0 Å². The minimum Gasteiger partial charge on any atom is -0.337 e. The van der Waals surface area contributed by atoms with Crippen LogP contribution >= 0.6 is 0 Å². The molecule has 0 fully saturated rings. The molecule has 0 atom stereocenters. The van der Waals surface area contributed by atoms with Crippen LogP contribution in [0.2, 0.25) is 0 Å². The first-order valence-corrected chi connectivity index (χ1v) is 6.56. The maximum absolute atomic E-state index is 12.5. The van der Waals surface area contributed by atoms with Crippen LogP contribution in [0.1, 0.15) is 33.0 Å². The van der Waals surface area contributed by atoms with Crippen molar-refractivity contribution in [2.24, 2.45) is 14.1 Å². The molecule has 0 aliphatic rings. The summed E-state index contributed by atoms with van der Waals surface area (Å²) in [7, 11) is 5.56. The Balaban J connectivity index is 2.22. The monoisotopic (exact) mass is 275 g/mol. The maximum Gasteiger partial charge on any atom is 0.257 e. The van der Waals surface area contributed by atoms with Crippen molar-refractivity contribution in [2.75, 3.05) is 7.05 Å². The van der Waals surface area contributed by atoms with Gasteiger partial charge in [-0.05, 0) is 20.8 Å². The minimum absolute atomic E-state index is 0.0155. The molecule has 1 amide bonds. The zero-order chi connectivity index (χ0) is 15.0. The Labute approximate surface area is 119 Å². The number of rotatable bonds is 3. The van der Waals surface area contributed by atoms with Gasteiger partial charge in [0.2, 0.25) is 0 Å². The highest BCUT2D eigenvalue weighted by molar-refractivity contribution is 5.94. The van der Waals surface area contributed by atoms with E-state index in [1.807, 2.05) is 39.5 Å². The SMILES string of the molecule is Cc1nn(C)c(C)c1CN(C)C(=O)c1cnn(C)c1C. The molecular formula is C14H21N5O. The molecule has 108 valence electrons. The normalized spacial score (nSPS) is 10.9. The van der Waals surface area contributed by atoms with E-state index in [4.69, 9.17) is 0 Å². The first kappa shape index (κ1) is 14.3. The van der Waals surface area contributed by atoms with Crippen LogP contribution in [0.15, 0.2) is 6.20 Å². The predicted molar refractivity (Wildman–Crippen MR) is 76.4 cm³/mol. The van der Waals surface area contributed by atoms with Crippen LogP contribution in [0.4, 0.5) is 0 Å². The summed E-state index contributed by atoms with van der Waals surface area (Å²) in [6, 6.07) is 0. The molecule has 0 aliphatic carbocycles. The molecule has 0 N–H and O–H groups in total. The predicted octanol–water partition coefficient (Wildman–Crippen LogP) is 1.35. The lowest BCUT2D eigenvalue weighted by atomic mass is 10.1. The summed E-state index contributed by atoms with van der Waals surface area (Å²) < 4.78 is 3.56. The number of aromatic nitrogens is 4. The van der Waals surface area contributed by atoms with Crippen LogP contribution in [0.5, 0.6) is 0 Å². The number of amides is 1. The first-order chi connectivity index (χ1) is 9.32. The highest BCUT2D eigenvalue weighted by Gasteiger charge is 2.19. The van der Waals surface area contributed by atoms with E-state index in [9.17, 15) is 4.79 Å². The topological polar surface area (TPSA) is 56.0 Å². The van der Waals surface area contributed by atoms with Crippen LogP contribution in [0, 0.1) is 20.8 Å². The van der Waals surface area contributed by atoms with Gasteiger partial charge in [-0.3, -0.25) is 14.2 Å². The van der Waals surface area contributed by atoms with Crippen molar-refractivity contribution in [1.29, 1.82) is 0 Å². The Morgan fingerprint density at radius 2 is 1.85 bits per heavy atom. The van der Waals surface area contributed by atoms with Crippen LogP contribution in [0.3, 0.4) is 0 Å². The van der Waals surface area contributed by atoms with Crippen molar-refractivity contribution in [2.45, 2.75) is 27.3 Å². The van der Waals surface area contributed by atoms with E-state index in [1.165, 1.54) is 0 Å². The maximum atomic E-state index is 12.5. The van der Waals surface area contributed by atoms with Crippen molar-refractivity contribution in [1.82, 2.24) is 24.5 Å². The standard InChI is InChI=1S/C14H21N5O/c1-9-13(11(3)19(6)16-9)8-17(4)14(20)12-7-15-18(5)10(12)2/h7H,8H2,1-6H3. The van der Waals surface area contributed by atoms with Crippen molar-refractivity contribution in [3.8, 4) is 0 Å². The lowest BCUT2D eigenvalue weighted by Crippen LogP contribution is -2.27. The van der Waals surface area contributed by atoms with E-state index in [1.54, 1.807) is 22.8 Å². The van der Waals surface area contributed by atoms with E-state index in [0.29, 0.717) is 12.1 Å². The van der Waals surface area contributed by atoms with Crippen molar-refractivity contribution < 1.29 is 4.79 Å². The summed E-state index contributed by atoms with van der Waals surface area (Å²) in [5.41, 5.74) is 4.68. The zero-order valence-corrected chi connectivity index (χ0v) is 12.9. The van der Waals surface area contributed by atoms with Gasteiger partial charge >= 0.3 is 0 Å². The van der Waals surface area contributed by atoms with Gasteiger partial charge in [-0.25, -0.2) is 0 Å². The van der Waals surface area contributed by atoms with E-state index in [0.717, 1.165) is 22.6 Å². The molecule has 0 aromatic carbocycles. The van der Waals surface area contributed by atoms with Crippen molar-refractivity contribution in [3.63, 3.8) is 0 Å². The quantitative estimate of drug-likeness (QED) is 0.849. The Morgan fingerprint density at radius 1 is 1.20 bits per heavy atom. The summed E-state index contributed by atoms with van der Waals surface area (Å²) in [6.45, 7) is 6.44. The van der Waals surface area contributed by atoms with Crippen molar-refractivity contribution >= 4 is 5.91 Å². The lowest BCUT2D eigenvalue weighted by molar-refractivity contribution is 0.0784. The molecule has 6 nitrogen and oxygen atoms in total. The number of hydrogen-bond donors (Lipinski definition) is 0. The van der Waals surface area contributed by atoms with Crippen LogP contribution in [-0.2, 0) is 20.6 Å². The molecule has 2 aromatic rings. The smallest absolute Gasteiger partial charge is 0.257 e. The number of carbonyl (C=O) groups excluding carboxylic acids is 1. The number of aryl methyl sites for hydroxylation is 3. The molecule has 2 rings (SSSR count). The van der Waals surface area contributed by atoms with E-state index in [-0.39, 0.29) is 5.91 Å². The molecular weight excluding hydrogens is 254 g/mol. The second-order valence-corrected chi connectivity index (χ2v) is 5.20. The summed E-state index contributed by atoms with van der Waals surface area (Å²) in [5.74, 6) is -0.0155. The average Bonchev–Trinajstić information content (AvgIpc) is 2.84. The van der Waals surface area contributed by atoms with Gasteiger partial charge in [-0.2, -0.15) is 10.2 Å². The summed E-state index contributed by atoms with van der Waals surface area (Å²) in [4.78, 5) is 14.2. The van der Waals surface area contributed by atoms with Gasteiger partial charge in [-0.1, -0.05) is 0 Å². The molecule has 6 heteroatoms. The second kappa shape index (κ2) is 5.11. The van der Waals surface area contributed by atoms with Gasteiger partial charge in [0.05, 0.1) is 17.5 Å². The fraction of sp³-hybridized carbons (Fsp3) is 0.500. The average molecular weight is 275 g/mol. The molecule has 0 aliphatic heterocycles. The van der Waals surface area contributed by atoms with E-state index >= 15 is 0 Å². The first-order valence-electron chi connectivity index (χ1n) is 6.56. The highest BCUT2D eigenvalue weighted by atomic mass is 16.2. The van der Waals surface area contributed by atoms with Gasteiger partial charge in [0.15, 0.2) is 0 Å². The number of nitrogens with zero attached hydrogens (tertiary/aromatic N) is 5. The molecule has 0 spiro atoms. The third-order valence-corrected chi connectivity index (χ3v) is 3.87. The Bertz CT molecular complexity index is 653. The second-order valence-electron chi connectivity index (χ2n) is 5.20. The largest absolute Gasteiger partial charge is 0.337 e. The lowest BCUT2D eigenvalue weighted by Gasteiger charge is -2.17. The van der Waals surface area contributed by atoms with E-state index in [2.05, 4.69) is 10.2 Å². The van der Waals surface area contributed by atoms with Crippen molar-refractivity contribution in [3.05, 3.63) is 34.4 Å². The Kier molecular flexibility index (Phi) is 3.65. The molecule has 2 aromatic heterocycles. The molecule has 2 heterocycles. The summed E-state index contributed by atoms with van der Waals surface area (Å²) >= 11 is 0. The van der Waals surface area contributed by atoms with Crippen LogP contribution in [-0.4, -0.2) is 37.4 Å². The highest BCUT2D eigenvalue weighted by Crippen LogP contribution is 2.16. The molecule has 0 radical (unpaired) electrons. The third kappa shape index (κ3) is 2.33. The molecule has 0 unspecified atom stereocenters. The minimum atomic E-state index is -0.0155. The van der Waals surface area contributed by atoms with Gasteiger partial charge in [-0.15, -0.1) is 0 Å². The Morgan fingerprint density at radius 3 is 2.30 bits per heavy atom. The van der Waals surface area contributed by atoms with Gasteiger partial charge in [0.1, 0.15) is 0 Å². The molecule has 0 bridgehead atoms. The van der Waals surface area contributed by atoms with Gasteiger partial charge in [0.25, 0.3) is 5.91 Å². The number of hydrogen-bond acceptors (Lipinski definition) is 3. The van der Waals surface area contributed by atoms with Gasteiger partial charge in [0, 0.05) is 44.6 Å². The molecule has 20 heavy (non-hydrogen) atoms. The van der Waals surface area contributed by atoms with Crippen LogP contribution in [0.25, 0.3) is 0 Å². The fourth-order valence-corrected chi connectivity index (χ4v) is 2.27. The number of carbonyl (C=O) groups is 1. The fourth-order valence-electron chi connectivity index (χ4n) is 2.27. The Hall–Kier alpha value is -2.11. The molecule has 0 saturated carbocycles. The molecule has 0 saturated heterocycles. The summed E-state index contributed by atoms with van der Waals surface area (Å²) in [5, 5.41) is 8.50. The zero-order valence-electron chi connectivity index (χ0n) is 12.9. The third-order valence-electron chi connectivity index (χ3n) is 3.87. The van der Waals surface area contributed by atoms with Gasteiger partial charge < -0.3 is 4.90 Å².